The molecule has 4 rings (SSSR count). The number of nitrogens with zero attached hydrogens (tertiary/aromatic N) is 2. The number of anilines is 1. The van der Waals surface area contributed by atoms with E-state index in [1.807, 2.05) is 35.7 Å². The van der Waals surface area contributed by atoms with Crippen molar-refractivity contribution in [1.82, 2.24) is 9.88 Å². The number of fused-ring (bicyclic) bond motifs is 1. The molecule has 0 saturated carbocycles. The Morgan fingerprint density at radius 2 is 1.97 bits per heavy atom. The van der Waals surface area contributed by atoms with Crippen molar-refractivity contribution in [2.24, 2.45) is 0 Å². The number of carbonyl (C=O) groups is 2. The molecule has 7 nitrogen and oxygen atoms in total. The summed E-state index contributed by atoms with van der Waals surface area (Å²) in [5, 5.41) is 7.05. The van der Waals surface area contributed by atoms with Crippen molar-refractivity contribution in [2.75, 3.05) is 25.6 Å². The molecule has 0 aliphatic carbocycles. The standard InChI is InChI=1S/C21H21N3O4S2/c1-24(12-14-4-5-17-18(9-14)28-7-6-27-17)20(26)10-15-13-30-21(22-15)23-19(25)11-16-3-2-8-29-16/h2-5,8-9,13H,6-7,10-12H2,1H3,(H,22,23,25). The maximum Gasteiger partial charge on any atom is 0.231 e. The fraction of sp³-hybridized carbons (Fsp3) is 0.286. The normalized spacial score (nSPS) is 12.4. The van der Waals surface area contributed by atoms with E-state index in [1.54, 1.807) is 28.7 Å². The Balaban J connectivity index is 1.30. The van der Waals surface area contributed by atoms with Gasteiger partial charge in [0.1, 0.15) is 13.2 Å². The van der Waals surface area contributed by atoms with E-state index < -0.39 is 0 Å². The second-order valence-corrected chi connectivity index (χ2v) is 8.74. The zero-order valence-corrected chi connectivity index (χ0v) is 18.1. The lowest BCUT2D eigenvalue weighted by molar-refractivity contribution is -0.129. The van der Waals surface area contributed by atoms with Crippen LogP contribution >= 0.6 is 22.7 Å². The van der Waals surface area contributed by atoms with Crippen molar-refractivity contribution in [3.05, 3.63) is 57.2 Å². The fourth-order valence-corrected chi connectivity index (χ4v) is 4.45. The zero-order chi connectivity index (χ0) is 20.9. The monoisotopic (exact) mass is 443 g/mol. The number of hydrogen-bond acceptors (Lipinski definition) is 7. The van der Waals surface area contributed by atoms with Crippen LogP contribution in [0.5, 0.6) is 11.5 Å². The van der Waals surface area contributed by atoms with E-state index in [1.165, 1.54) is 11.3 Å². The Kier molecular flexibility index (Phi) is 6.29. The summed E-state index contributed by atoms with van der Waals surface area (Å²) in [5.41, 5.74) is 1.61. The highest BCUT2D eigenvalue weighted by Crippen LogP contribution is 2.31. The third-order valence-corrected chi connectivity index (χ3v) is 6.18. The number of thiazole rings is 1. The van der Waals surface area contributed by atoms with Crippen LogP contribution in [0.15, 0.2) is 41.1 Å². The molecule has 0 atom stereocenters. The lowest BCUT2D eigenvalue weighted by Crippen LogP contribution is -2.28. The van der Waals surface area contributed by atoms with Gasteiger partial charge in [0.2, 0.25) is 11.8 Å². The molecule has 9 heteroatoms. The molecule has 0 bridgehead atoms. The first-order valence-corrected chi connectivity index (χ1v) is 11.2. The van der Waals surface area contributed by atoms with Gasteiger partial charge in [-0.2, -0.15) is 0 Å². The molecular weight excluding hydrogens is 422 g/mol. The summed E-state index contributed by atoms with van der Waals surface area (Å²) in [7, 11) is 1.76. The smallest absolute Gasteiger partial charge is 0.231 e. The molecule has 0 radical (unpaired) electrons. The lowest BCUT2D eigenvalue weighted by atomic mass is 10.1. The van der Waals surface area contributed by atoms with E-state index in [9.17, 15) is 9.59 Å². The first kappa shape index (κ1) is 20.4. The predicted octanol–water partition coefficient (Wildman–Crippen LogP) is 3.36. The molecule has 30 heavy (non-hydrogen) atoms. The van der Waals surface area contributed by atoms with Crippen molar-refractivity contribution < 1.29 is 19.1 Å². The van der Waals surface area contributed by atoms with Crippen molar-refractivity contribution in [2.45, 2.75) is 19.4 Å². The quantitative estimate of drug-likeness (QED) is 0.606. The van der Waals surface area contributed by atoms with Crippen LogP contribution in [0.4, 0.5) is 5.13 Å². The van der Waals surface area contributed by atoms with Gasteiger partial charge in [0.25, 0.3) is 0 Å². The number of carbonyl (C=O) groups excluding carboxylic acids is 2. The summed E-state index contributed by atoms with van der Waals surface area (Å²) < 4.78 is 11.1. The molecule has 0 unspecified atom stereocenters. The number of aromatic nitrogens is 1. The molecule has 156 valence electrons. The number of rotatable bonds is 7. The van der Waals surface area contributed by atoms with Gasteiger partial charge in [-0.3, -0.25) is 9.59 Å². The Bertz CT molecular complexity index is 1030. The average molecular weight is 444 g/mol. The van der Waals surface area contributed by atoms with Gasteiger partial charge in [0.05, 0.1) is 18.5 Å². The number of hydrogen-bond donors (Lipinski definition) is 1. The van der Waals surface area contributed by atoms with Crippen LogP contribution in [-0.2, 0) is 29.0 Å². The molecule has 1 aliphatic heterocycles. The molecule has 2 aromatic heterocycles. The molecule has 0 fully saturated rings. The second kappa shape index (κ2) is 9.27. The first-order chi connectivity index (χ1) is 14.6. The number of ether oxygens (including phenoxy) is 2. The van der Waals surface area contributed by atoms with E-state index in [0.29, 0.717) is 42.8 Å². The Hall–Kier alpha value is -2.91. The summed E-state index contributed by atoms with van der Waals surface area (Å²) in [6, 6.07) is 9.55. The van der Waals surface area contributed by atoms with Crippen molar-refractivity contribution in [1.29, 1.82) is 0 Å². The first-order valence-electron chi connectivity index (χ1n) is 9.46. The van der Waals surface area contributed by atoms with Gasteiger partial charge in [-0.25, -0.2) is 4.98 Å². The summed E-state index contributed by atoms with van der Waals surface area (Å²) in [5.74, 6) is 1.28. The maximum absolute atomic E-state index is 12.6. The molecule has 0 spiro atoms. The average Bonchev–Trinajstić information content (AvgIpc) is 3.40. The number of nitrogens with one attached hydrogen (secondary N) is 1. The van der Waals surface area contributed by atoms with Crippen molar-refractivity contribution in [3.63, 3.8) is 0 Å². The lowest BCUT2D eigenvalue weighted by Gasteiger charge is -2.21. The fourth-order valence-electron chi connectivity index (χ4n) is 3.02. The minimum absolute atomic E-state index is 0.0494. The topological polar surface area (TPSA) is 80.8 Å². The van der Waals surface area contributed by atoms with Crippen molar-refractivity contribution >= 4 is 39.6 Å². The number of likely N-dealkylation sites (N-methyl/N-ethyl adjacent to an activating group) is 1. The minimum atomic E-state index is -0.111. The van der Waals surface area contributed by atoms with Crippen LogP contribution in [0, 0.1) is 0 Å². The predicted molar refractivity (Wildman–Crippen MR) is 116 cm³/mol. The molecule has 3 heterocycles. The van der Waals surface area contributed by atoms with Gasteiger partial charge in [-0.15, -0.1) is 22.7 Å². The summed E-state index contributed by atoms with van der Waals surface area (Å²) in [6.45, 7) is 1.54. The van der Waals surface area contributed by atoms with Gasteiger partial charge in [-0.05, 0) is 29.1 Å². The minimum Gasteiger partial charge on any atom is -0.486 e. The van der Waals surface area contributed by atoms with Crippen LogP contribution in [0.1, 0.15) is 16.1 Å². The van der Waals surface area contributed by atoms with Crippen LogP contribution in [0.3, 0.4) is 0 Å². The maximum atomic E-state index is 12.6. The number of benzene rings is 1. The van der Waals surface area contributed by atoms with Gasteiger partial charge in [0.15, 0.2) is 16.6 Å². The van der Waals surface area contributed by atoms with E-state index >= 15 is 0 Å². The Morgan fingerprint density at radius 1 is 1.13 bits per heavy atom. The molecule has 1 aromatic carbocycles. The van der Waals surface area contributed by atoms with E-state index in [0.717, 1.165) is 16.2 Å². The van der Waals surface area contributed by atoms with E-state index in [-0.39, 0.29) is 18.2 Å². The Morgan fingerprint density at radius 3 is 2.77 bits per heavy atom. The molecule has 2 amide bonds. The third kappa shape index (κ3) is 5.17. The van der Waals surface area contributed by atoms with Crippen LogP contribution < -0.4 is 14.8 Å². The Labute approximate surface area is 182 Å². The number of amides is 2. The molecule has 1 aliphatic rings. The highest BCUT2D eigenvalue weighted by Gasteiger charge is 2.16. The molecule has 3 aromatic rings. The zero-order valence-electron chi connectivity index (χ0n) is 16.4. The summed E-state index contributed by atoms with van der Waals surface area (Å²) in [6.07, 6.45) is 0.502. The van der Waals surface area contributed by atoms with E-state index in [2.05, 4.69) is 10.3 Å². The highest BCUT2D eigenvalue weighted by molar-refractivity contribution is 7.14. The van der Waals surface area contributed by atoms with Crippen LogP contribution in [0.2, 0.25) is 0 Å². The van der Waals surface area contributed by atoms with Gasteiger partial charge < -0.3 is 19.7 Å². The summed E-state index contributed by atoms with van der Waals surface area (Å²) >= 11 is 2.87. The molecule has 0 saturated heterocycles. The van der Waals surface area contributed by atoms with E-state index in [4.69, 9.17) is 9.47 Å². The van der Waals surface area contributed by atoms with Gasteiger partial charge in [0, 0.05) is 23.8 Å². The SMILES string of the molecule is CN(Cc1ccc2c(c1)OCCO2)C(=O)Cc1csc(NC(=O)Cc2cccs2)n1. The highest BCUT2D eigenvalue weighted by atomic mass is 32.1. The van der Waals surface area contributed by atoms with Crippen LogP contribution in [0.25, 0.3) is 0 Å². The largest absolute Gasteiger partial charge is 0.486 e. The third-order valence-electron chi connectivity index (χ3n) is 4.50. The van der Waals surface area contributed by atoms with Crippen LogP contribution in [-0.4, -0.2) is 42.0 Å². The summed E-state index contributed by atoms with van der Waals surface area (Å²) in [4.78, 5) is 31.7. The molecular formula is C21H21N3O4S2. The second-order valence-electron chi connectivity index (χ2n) is 6.85. The molecule has 1 N–H and O–H groups in total. The number of thiophene rings is 1. The van der Waals surface area contributed by atoms with Crippen molar-refractivity contribution in [3.8, 4) is 11.5 Å². The van der Waals surface area contributed by atoms with Gasteiger partial charge >= 0.3 is 0 Å². The van der Waals surface area contributed by atoms with Gasteiger partial charge in [-0.1, -0.05) is 12.1 Å².